The molecule has 1 amide bonds. The lowest BCUT2D eigenvalue weighted by atomic mass is 10.0. The monoisotopic (exact) mass is 349 g/mol. The van der Waals surface area contributed by atoms with Crippen molar-refractivity contribution in [3.8, 4) is 5.69 Å². The minimum absolute atomic E-state index is 0.0902. The number of hydrogen-bond donors (Lipinski definition) is 1. The van der Waals surface area contributed by atoms with Crippen LogP contribution in [0, 0.1) is 0 Å². The van der Waals surface area contributed by atoms with Crippen molar-refractivity contribution < 1.29 is 9.90 Å². The zero-order valence-corrected chi connectivity index (χ0v) is 15.3. The molecule has 0 bridgehead atoms. The van der Waals surface area contributed by atoms with Crippen LogP contribution in [-0.4, -0.2) is 45.4 Å². The van der Waals surface area contributed by atoms with Crippen LogP contribution in [0.1, 0.15) is 49.2 Å². The second-order valence-electron chi connectivity index (χ2n) is 6.35. The third kappa shape index (κ3) is 4.16. The predicted molar refractivity (Wildman–Crippen MR) is 95.9 cm³/mol. The zero-order chi connectivity index (χ0) is 17.9. The Morgan fingerprint density at radius 3 is 2.67 bits per heavy atom. The molecule has 1 atom stereocenters. The Morgan fingerprint density at radius 1 is 1.38 bits per heavy atom. The molecule has 0 saturated carbocycles. The molecule has 1 N–H and O–H groups in total. The van der Waals surface area contributed by atoms with Gasteiger partial charge in [0.05, 0.1) is 29.2 Å². The van der Waals surface area contributed by atoms with Gasteiger partial charge in [0.25, 0.3) is 5.91 Å². The molecule has 24 heavy (non-hydrogen) atoms. The lowest BCUT2D eigenvalue weighted by molar-refractivity contribution is 0.0767. The quantitative estimate of drug-likeness (QED) is 0.868. The number of benzene rings is 1. The first-order chi connectivity index (χ1) is 11.3. The van der Waals surface area contributed by atoms with Gasteiger partial charge in [-0.15, -0.1) is 0 Å². The van der Waals surface area contributed by atoms with Gasteiger partial charge in [-0.2, -0.15) is 5.10 Å². The molecular formula is C18H24ClN3O2. The summed E-state index contributed by atoms with van der Waals surface area (Å²) in [5, 5.41) is 14.4. The van der Waals surface area contributed by atoms with Crippen molar-refractivity contribution in [2.75, 3.05) is 13.6 Å². The molecule has 0 aliphatic carbocycles. The smallest absolute Gasteiger partial charge is 0.257 e. The highest BCUT2D eigenvalue weighted by Crippen LogP contribution is 2.25. The van der Waals surface area contributed by atoms with Crippen LogP contribution >= 0.6 is 11.6 Å². The van der Waals surface area contributed by atoms with E-state index in [1.807, 2.05) is 32.0 Å². The van der Waals surface area contributed by atoms with E-state index in [2.05, 4.69) is 5.10 Å². The third-order valence-corrected chi connectivity index (χ3v) is 4.10. The van der Waals surface area contributed by atoms with Gasteiger partial charge in [-0.3, -0.25) is 4.79 Å². The number of rotatable bonds is 6. The molecular weight excluding hydrogens is 326 g/mol. The molecule has 1 heterocycles. The zero-order valence-electron chi connectivity index (χ0n) is 14.5. The summed E-state index contributed by atoms with van der Waals surface area (Å²) in [6, 6.07) is 7.40. The molecule has 1 unspecified atom stereocenters. The Labute approximate surface area is 147 Å². The standard InChI is InChI=1S/C18H24ClN3O2/c1-12(2)17-16(18(24)21(4)9-8-13(3)23)11-20-22(17)15-7-5-6-14(19)10-15/h5-7,10-13,23H,8-9H2,1-4H3. The number of aliphatic hydroxyl groups is 1. The van der Waals surface area contributed by atoms with Crippen LogP contribution in [0.25, 0.3) is 5.69 Å². The van der Waals surface area contributed by atoms with E-state index in [-0.39, 0.29) is 11.8 Å². The van der Waals surface area contributed by atoms with Crippen LogP contribution in [0.4, 0.5) is 0 Å². The number of aromatic nitrogens is 2. The van der Waals surface area contributed by atoms with Crippen LogP contribution in [0.5, 0.6) is 0 Å². The average molecular weight is 350 g/mol. The fraction of sp³-hybridized carbons (Fsp3) is 0.444. The molecule has 0 aliphatic heterocycles. The van der Waals surface area contributed by atoms with E-state index in [0.717, 1.165) is 11.4 Å². The molecule has 2 rings (SSSR count). The highest BCUT2D eigenvalue weighted by molar-refractivity contribution is 6.30. The Balaban J connectivity index is 2.36. The topological polar surface area (TPSA) is 58.4 Å². The molecule has 0 spiro atoms. The van der Waals surface area contributed by atoms with Gasteiger partial charge in [0.2, 0.25) is 0 Å². The van der Waals surface area contributed by atoms with Crippen molar-refractivity contribution in [2.45, 2.75) is 39.2 Å². The lowest BCUT2D eigenvalue weighted by Crippen LogP contribution is -2.30. The second-order valence-corrected chi connectivity index (χ2v) is 6.79. The summed E-state index contributed by atoms with van der Waals surface area (Å²) < 4.78 is 1.77. The molecule has 0 aliphatic rings. The van der Waals surface area contributed by atoms with Crippen molar-refractivity contribution in [3.63, 3.8) is 0 Å². The summed E-state index contributed by atoms with van der Waals surface area (Å²) >= 11 is 6.08. The summed E-state index contributed by atoms with van der Waals surface area (Å²) in [7, 11) is 1.74. The van der Waals surface area contributed by atoms with Crippen molar-refractivity contribution >= 4 is 17.5 Å². The molecule has 1 aromatic heterocycles. The first-order valence-corrected chi connectivity index (χ1v) is 8.46. The van der Waals surface area contributed by atoms with E-state index in [4.69, 9.17) is 11.6 Å². The van der Waals surface area contributed by atoms with Gasteiger partial charge in [-0.25, -0.2) is 4.68 Å². The Kier molecular flexibility index (Phi) is 6.02. The Hall–Kier alpha value is -1.85. The van der Waals surface area contributed by atoms with Crippen molar-refractivity contribution in [1.29, 1.82) is 0 Å². The summed E-state index contributed by atoms with van der Waals surface area (Å²) in [5.41, 5.74) is 2.26. The van der Waals surface area contributed by atoms with Crippen molar-refractivity contribution in [1.82, 2.24) is 14.7 Å². The number of hydrogen-bond acceptors (Lipinski definition) is 3. The molecule has 130 valence electrons. The van der Waals surface area contributed by atoms with E-state index < -0.39 is 6.10 Å². The summed E-state index contributed by atoms with van der Waals surface area (Å²) in [5.74, 6) is 0.0308. The lowest BCUT2D eigenvalue weighted by Gasteiger charge is -2.19. The van der Waals surface area contributed by atoms with Crippen LogP contribution < -0.4 is 0 Å². The van der Waals surface area contributed by atoms with Crippen molar-refractivity contribution in [2.24, 2.45) is 0 Å². The van der Waals surface area contributed by atoms with Gasteiger partial charge in [0.15, 0.2) is 0 Å². The molecule has 2 aromatic rings. The van der Waals surface area contributed by atoms with Gasteiger partial charge >= 0.3 is 0 Å². The van der Waals surface area contributed by atoms with Gasteiger partial charge in [-0.1, -0.05) is 31.5 Å². The van der Waals surface area contributed by atoms with Crippen LogP contribution in [0.2, 0.25) is 5.02 Å². The van der Waals surface area contributed by atoms with Crippen LogP contribution in [0.15, 0.2) is 30.5 Å². The van der Waals surface area contributed by atoms with E-state index in [0.29, 0.717) is 23.6 Å². The first kappa shape index (κ1) is 18.5. The average Bonchev–Trinajstić information content (AvgIpc) is 2.96. The maximum Gasteiger partial charge on any atom is 0.257 e. The summed E-state index contributed by atoms with van der Waals surface area (Å²) in [6.07, 6.45) is 1.72. The van der Waals surface area contributed by atoms with Gasteiger partial charge in [-0.05, 0) is 37.5 Å². The minimum atomic E-state index is -0.431. The molecule has 1 aromatic carbocycles. The number of halogens is 1. The summed E-state index contributed by atoms with van der Waals surface area (Å²) in [6.45, 7) is 6.28. The van der Waals surface area contributed by atoms with Gasteiger partial charge < -0.3 is 10.0 Å². The van der Waals surface area contributed by atoms with Crippen molar-refractivity contribution in [3.05, 3.63) is 46.7 Å². The molecule has 0 radical (unpaired) electrons. The van der Waals surface area contributed by atoms with Crippen LogP contribution in [-0.2, 0) is 0 Å². The number of carbonyl (C=O) groups is 1. The number of aliphatic hydroxyl groups excluding tert-OH is 1. The Bertz CT molecular complexity index is 710. The highest BCUT2D eigenvalue weighted by Gasteiger charge is 2.23. The first-order valence-electron chi connectivity index (χ1n) is 8.08. The second kappa shape index (κ2) is 7.81. The number of amides is 1. The van der Waals surface area contributed by atoms with E-state index in [1.165, 1.54) is 0 Å². The third-order valence-electron chi connectivity index (χ3n) is 3.87. The SMILES string of the molecule is CC(O)CCN(C)C(=O)c1cnn(-c2cccc(Cl)c2)c1C(C)C. The maximum absolute atomic E-state index is 12.8. The maximum atomic E-state index is 12.8. The van der Waals surface area contributed by atoms with E-state index in [1.54, 1.807) is 35.8 Å². The molecule has 5 nitrogen and oxygen atoms in total. The van der Waals surface area contributed by atoms with E-state index >= 15 is 0 Å². The van der Waals surface area contributed by atoms with E-state index in [9.17, 15) is 9.90 Å². The van der Waals surface area contributed by atoms with Crippen LogP contribution in [0.3, 0.4) is 0 Å². The highest BCUT2D eigenvalue weighted by atomic mass is 35.5. The van der Waals surface area contributed by atoms with Gasteiger partial charge in [0.1, 0.15) is 0 Å². The molecule has 6 heteroatoms. The number of nitrogens with zero attached hydrogens (tertiary/aromatic N) is 3. The van der Waals surface area contributed by atoms with Gasteiger partial charge in [0, 0.05) is 18.6 Å². The fourth-order valence-electron chi connectivity index (χ4n) is 2.58. The largest absolute Gasteiger partial charge is 0.393 e. The Morgan fingerprint density at radius 2 is 2.08 bits per heavy atom. The fourth-order valence-corrected chi connectivity index (χ4v) is 2.76. The normalized spacial score (nSPS) is 12.5. The minimum Gasteiger partial charge on any atom is -0.393 e. The molecule has 0 fully saturated rings. The predicted octanol–water partition coefficient (Wildman–Crippen LogP) is 3.49. The molecule has 0 saturated heterocycles. The summed E-state index contributed by atoms with van der Waals surface area (Å²) in [4.78, 5) is 14.4. The number of carbonyl (C=O) groups excluding carboxylic acids is 1.